The summed E-state index contributed by atoms with van der Waals surface area (Å²) in [5.41, 5.74) is 2.66. The lowest BCUT2D eigenvalue weighted by atomic mass is 9.47. The third-order valence-corrected chi connectivity index (χ3v) is 14.4. The van der Waals surface area contributed by atoms with Crippen molar-refractivity contribution in [2.24, 2.45) is 46.3 Å². The first-order valence-corrected chi connectivity index (χ1v) is 21.1. The Bertz CT molecular complexity index is 1540. The Morgan fingerprint density at radius 1 is 0.981 bits per heavy atom. The van der Waals surface area contributed by atoms with Crippen LogP contribution >= 0.6 is 0 Å². The van der Waals surface area contributed by atoms with E-state index in [1.165, 1.54) is 56.6 Å². The third-order valence-electron chi connectivity index (χ3n) is 14.4. The fourth-order valence-electron chi connectivity index (χ4n) is 11.6. The molecule has 1 aliphatic heterocycles. The predicted octanol–water partition coefficient (Wildman–Crippen LogP) is 10.8. The van der Waals surface area contributed by atoms with E-state index >= 15 is 0 Å². The van der Waals surface area contributed by atoms with Crippen LogP contribution in [0.3, 0.4) is 0 Å². The van der Waals surface area contributed by atoms with Crippen molar-refractivity contribution in [3.63, 3.8) is 0 Å². The van der Waals surface area contributed by atoms with Gasteiger partial charge in [-0.15, -0.1) is 0 Å². The number of phenolic OH excluding ortho intramolecular Hbond substituents is 1. The van der Waals surface area contributed by atoms with E-state index in [4.69, 9.17) is 14.2 Å². The number of hydrogen-bond donors (Lipinski definition) is 1. The summed E-state index contributed by atoms with van der Waals surface area (Å²) in [5, 5.41) is 10.9. The second-order valence-electron chi connectivity index (χ2n) is 18.3. The van der Waals surface area contributed by atoms with Crippen LogP contribution in [-0.2, 0) is 19.1 Å². The highest BCUT2D eigenvalue weighted by Crippen LogP contribution is 2.67. The van der Waals surface area contributed by atoms with Crippen molar-refractivity contribution in [2.45, 2.75) is 150 Å². The molecule has 7 nitrogen and oxygen atoms in total. The third kappa shape index (κ3) is 8.91. The van der Waals surface area contributed by atoms with Gasteiger partial charge in [-0.2, -0.15) is 0 Å². The number of ketones is 1. The number of allylic oxidation sites excluding steroid dienone is 2. The Morgan fingerprint density at radius 2 is 1.79 bits per heavy atom. The monoisotopic (exact) mass is 730 g/mol. The number of hydrogen-bond acceptors (Lipinski definition) is 7. The number of carbonyl (C=O) groups excluding carboxylic acids is 3. The van der Waals surface area contributed by atoms with Crippen LogP contribution in [0.2, 0.25) is 0 Å². The molecule has 0 spiro atoms. The van der Waals surface area contributed by atoms with E-state index in [-0.39, 0.29) is 47.6 Å². The molecule has 1 N–H and O–H groups in total. The summed E-state index contributed by atoms with van der Waals surface area (Å²) >= 11 is 0. The maximum absolute atomic E-state index is 13.1. The predicted molar refractivity (Wildman–Crippen MR) is 209 cm³/mol. The SMILES string of the molecule is CC(C)CCC[C@@H](C)[C@@H]1CC[C@@H]2[C@H]3CC=C4C[C@@H](OC(=O)COc5cc(O)c6c(c5)/C=C/CCCC(=O)CCCCOC6=O)CC[C@]4(C)[C@@H]3CC[C@]21C. The number of ether oxygens (including phenoxy) is 3. The van der Waals surface area contributed by atoms with Crippen LogP contribution in [0.5, 0.6) is 11.5 Å². The Labute approximate surface area is 318 Å². The average Bonchev–Trinajstić information content (AvgIpc) is 3.47. The van der Waals surface area contributed by atoms with Gasteiger partial charge in [0.15, 0.2) is 6.61 Å². The fourth-order valence-corrected chi connectivity index (χ4v) is 11.6. The Morgan fingerprint density at radius 3 is 2.60 bits per heavy atom. The topological polar surface area (TPSA) is 99.1 Å². The molecule has 6 rings (SSSR count). The van der Waals surface area contributed by atoms with Crippen LogP contribution in [-0.4, -0.2) is 42.1 Å². The van der Waals surface area contributed by atoms with Gasteiger partial charge in [-0.25, -0.2) is 9.59 Å². The van der Waals surface area contributed by atoms with Crippen LogP contribution < -0.4 is 4.74 Å². The van der Waals surface area contributed by atoms with Crippen LogP contribution in [0.25, 0.3) is 6.08 Å². The van der Waals surface area contributed by atoms with Crippen molar-refractivity contribution in [1.82, 2.24) is 0 Å². The summed E-state index contributed by atoms with van der Waals surface area (Å²) in [5.74, 6) is 3.94. The fraction of sp³-hybridized carbons (Fsp3) is 0.717. The molecule has 1 heterocycles. The van der Waals surface area contributed by atoms with Gasteiger partial charge in [-0.05, 0) is 129 Å². The lowest BCUT2D eigenvalue weighted by Crippen LogP contribution is -2.51. The molecule has 0 bridgehead atoms. The number of esters is 2. The molecule has 1 aromatic rings. The Kier molecular flexibility index (Phi) is 12.8. The first-order chi connectivity index (χ1) is 25.4. The van der Waals surface area contributed by atoms with Crippen molar-refractivity contribution in [2.75, 3.05) is 13.2 Å². The number of carbonyl (C=O) groups is 3. The minimum atomic E-state index is -0.624. The van der Waals surface area contributed by atoms with Crippen molar-refractivity contribution >= 4 is 23.8 Å². The van der Waals surface area contributed by atoms with Crippen LogP contribution in [0.4, 0.5) is 0 Å². The van der Waals surface area contributed by atoms with Gasteiger partial charge >= 0.3 is 11.9 Å². The lowest BCUT2D eigenvalue weighted by molar-refractivity contribution is -0.154. The van der Waals surface area contributed by atoms with E-state index in [0.717, 1.165) is 61.7 Å². The zero-order chi connectivity index (χ0) is 37.8. The van der Waals surface area contributed by atoms with Crippen LogP contribution in [0, 0.1) is 46.3 Å². The second-order valence-corrected chi connectivity index (χ2v) is 18.3. The Balaban J connectivity index is 1.05. The number of fused-ring (bicyclic) bond motifs is 6. The molecule has 0 radical (unpaired) electrons. The molecule has 3 saturated carbocycles. The molecule has 0 amide bonds. The average molecular weight is 731 g/mol. The summed E-state index contributed by atoms with van der Waals surface area (Å²) in [6.45, 7) is 12.3. The van der Waals surface area contributed by atoms with E-state index in [9.17, 15) is 19.5 Å². The Hall–Kier alpha value is -3.09. The van der Waals surface area contributed by atoms with Gasteiger partial charge in [0.05, 0.1) is 6.61 Å². The van der Waals surface area contributed by atoms with Crippen LogP contribution in [0.1, 0.15) is 160 Å². The molecule has 292 valence electrons. The van der Waals surface area contributed by atoms with Gasteiger partial charge < -0.3 is 19.3 Å². The first kappa shape index (κ1) is 39.6. The number of rotatable bonds is 9. The van der Waals surface area contributed by atoms with E-state index in [1.54, 1.807) is 12.1 Å². The van der Waals surface area contributed by atoms with Crippen molar-refractivity contribution < 1.29 is 33.7 Å². The largest absolute Gasteiger partial charge is 0.507 e. The molecule has 8 atom stereocenters. The zero-order valence-corrected chi connectivity index (χ0v) is 33.3. The highest BCUT2D eigenvalue weighted by molar-refractivity contribution is 5.97. The smallest absolute Gasteiger partial charge is 0.344 e. The molecular formula is C46H66O7. The van der Waals surface area contributed by atoms with E-state index in [0.29, 0.717) is 49.0 Å². The normalized spacial score (nSPS) is 33.2. The van der Waals surface area contributed by atoms with Gasteiger partial charge in [0, 0.05) is 25.3 Å². The zero-order valence-electron chi connectivity index (χ0n) is 33.3. The summed E-state index contributed by atoms with van der Waals surface area (Å²) < 4.78 is 17.3. The van der Waals surface area contributed by atoms with Gasteiger partial charge in [0.2, 0.25) is 0 Å². The number of aromatic hydroxyl groups is 1. The molecule has 5 aliphatic rings. The van der Waals surface area contributed by atoms with Gasteiger partial charge in [-0.3, -0.25) is 4.79 Å². The highest BCUT2D eigenvalue weighted by atomic mass is 16.6. The molecule has 7 heteroatoms. The van der Waals surface area contributed by atoms with Crippen molar-refractivity contribution in [3.05, 3.63) is 41.0 Å². The number of cyclic esters (lactones) is 1. The molecule has 0 saturated heterocycles. The van der Waals surface area contributed by atoms with E-state index in [2.05, 4.69) is 40.7 Å². The molecule has 3 fully saturated rings. The maximum Gasteiger partial charge on any atom is 0.344 e. The van der Waals surface area contributed by atoms with E-state index in [1.807, 2.05) is 6.08 Å². The quantitative estimate of drug-likeness (QED) is 0.199. The van der Waals surface area contributed by atoms with E-state index < -0.39 is 11.9 Å². The standard InChI is InChI=1S/C46H66O7/c1-30(2)12-11-13-31(3)38-19-20-39-37-18-17-33-27-35(21-23-45(33,4)40(37)22-24-46(38,39)5)53-42(49)29-52-36-26-32-14-7-6-8-15-34(47)16-9-10-25-51-44(50)43(32)41(48)28-36/h7,14,17,26,28,30-31,35,37-40,48H,6,8-13,15-16,18-25,27,29H2,1-5H3/b14-7+/t31-,35+,37-,38+,39-,40-,45+,46+/m1/s1. The summed E-state index contributed by atoms with van der Waals surface area (Å²) in [6, 6.07) is 3.00. The minimum absolute atomic E-state index is 0.0690. The first-order valence-electron chi connectivity index (χ1n) is 21.1. The van der Waals surface area contributed by atoms with Crippen LogP contribution in [0.15, 0.2) is 29.9 Å². The summed E-state index contributed by atoms with van der Waals surface area (Å²) in [6.07, 6.45) is 23.1. The van der Waals surface area contributed by atoms with Gasteiger partial charge in [-0.1, -0.05) is 77.7 Å². The minimum Gasteiger partial charge on any atom is -0.507 e. The van der Waals surface area contributed by atoms with Crippen molar-refractivity contribution in [3.8, 4) is 11.5 Å². The van der Waals surface area contributed by atoms with Gasteiger partial charge in [0.25, 0.3) is 0 Å². The van der Waals surface area contributed by atoms with Crippen molar-refractivity contribution in [1.29, 1.82) is 0 Å². The molecule has 0 aromatic heterocycles. The molecular weight excluding hydrogens is 664 g/mol. The number of benzene rings is 1. The highest BCUT2D eigenvalue weighted by Gasteiger charge is 2.59. The van der Waals surface area contributed by atoms with Gasteiger partial charge in [0.1, 0.15) is 28.9 Å². The number of phenols is 1. The summed E-state index contributed by atoms with van der Waals surface area (Å²) in [4.78, 5) is 38.1. The molecule has 0 unspecified atom stereocenters. The maximum atomic E-state index is 13.1. The summed E-state index contributed by atoms with van der Waals surface area (Å²) in [7, 11) is 0. The molecule has 4 aliphatic carbocycles. The second kappa shape index (κ2) is 17.1. The lowest BCUT2D eigenvalue weighted by Gasteiger charge is -2.58. The number of Topliss-reactive ketones (excluding diaryl/α,β-unsaturated/α-hetero) is 1. The molecule has 1 aromatic carbocycles. The molecule has 53 heavy (non-hydrogen) atoms.